The number of hydrazine groups is 1. The van der Waals surface area contributed by atoms with Crippen LogP contribution < -0.4 is 10.7 Å². The molecule has 2 aromatic rings. The molecule has 3 fully saturated rings. The first-order valence-electron chi connectivity index (χ1n) is 11.5. The van der Waals surface area contributed by atoms with Gasteiger partial charge < -0.3 is 15.2 Å². The van der Waals surface area contributed by atoms with E-state index in [4.69, 9.17) is 0 Å². The van der Waals surface area contributed by atoms with Gasteiger partial charge in [-0.3, -0.25) is 24.7 Å². The molecule has 174 valence electrons. The Bertz CT molecular complexity index is 1060. The first kappa shape index (κ1) is 21.4. The number of hydrogen-bond donors (Lipinski definition) is 3. The van der Waals surface area contributed by atoms with E-state index in [1.807, 2.05) is 35.2 Å². The van der Waals surface area contributed by atoms with Crippen molar-refractivity contribution in [3.63, 3.8) is 0 Å². The molecule has 5 rings (SSSR count). The second-order valence-electron chi connectivity index (χ2n) is 9.09. The molecule has 0 radical (unpaired) electrons. The quantitative estimate of drug-likeness (QED) is 0.603. The first-order valence-corrected chi connectivity index (χ1v) is 11.5. The average Bonchev–Trinajstić information content (AvgIpc) is 3.35. The third kappa shape index (κ3) is 4.06. The summed E-state index contributed by atoms with van der Waals surface area (Å²) in [5.41, 5.74) is 3.09. The van der Waals surface area contributed by atoms with Gasteiger partial charge in [0.25, 0.3) is 17.7 Å². The molecule has 1 aliphatic carbocycles. The third-order valence-electron chi connectivity index (χ3n) is 6.89. The number of hydrogen-bond acceptors (Lipinski definition) is 5. The van der Waals surface area contributed by atoms with Gasteiger partial charge in [0, 0.05) is 37.1 Å². The number of nitrogens with one attached hydrogen (secondary N) is 3. The van der Waals surface area contributed by atoms with E-state index in [1.54, 1.807) is 4.90 Å². The molecular formula is C23H28N6O4. The summed E-state index contributed by atoms with van der Waals surface area (Å²) in [7, 11) is 0. The molecule has 3 N–H and O–H groups in total. The summed E-state index contributed by atoms with van der Waals surface area (Å²) in [6.07, 6.45) is 4.03. The molecule has 1 aromatic heterocycles. The molecule has 2 saturated heterocycles. The molecule has 2 aliphatic heterocycles. The fraction of sp³-hybridized carbons (Fsp3) is 0.478. The predicted molar refractivity (Wildman–Crippen MR) is 120 cm³/mol. The number of urea groups is 1. The van der Waals surface area contributed by atoms with Gasteiger partial charge >= 0.3 is 6.03 Å². The molecule has 0 unspecified atom stereocenters. The SMILES string of the molecule is O=C(CN1CCN(C(=O)c2cc3ccccc3[nH]2)CC1)NN1C(=O)NC2(CCCCC2)C1=O. The van der Waals surface area contributed by atoms with Crippen LogP contribution in [0, 0.1) is 0 Å². The summed E-state index contributed by atoms with van der Waals surface area (Å²) < 4.78 is 0. The Morgan fingerprint density at radius 1 is 1.00 bits per heavy atom. The molecule has 0 atom stereocenters. The standard InChI is InChI=1S/C23H28N6O4/c30-19(26-29-21(32)23(25-22(29)33)8-4-1-5-9-23)15-27-10-12-28(13-11-27)20(31)18-14-16-6-2-3-7-17(16)24-18/h2-3,6-7,14,24H,1,4-5,8-13,15H2,(H,25,33)(H,26,30). The van der Waals surface area contributed by atoms with Crippen LogP contribution in [-0.2, 0) is 9.59 Å². The van der Waals surface area contributed by atoms with Crippen LogP contribution in [0.1, 0.15) is 42.6 Å². The minimum atomic E-state index is -0.864. The first-order chi connectivity index (χ1) is 15.9. The number of nitrogens with zero attached hydrogens (tertiary/aromatic N) is 3. The van der Waals surface area contributed by atoms with Crippen LogP contribution in [0.15, 0.2) is 30.3 Å². The fourth-order valence-electron chi connectivity index (χ4n) is 5.05. The van der Waals surface area contributed by atoms with Crippen LogP contribution in [0.25, 0.3) is 10.9 Å². The highest BCUT2D eigenvalue weighted by Gasteiger charge is 2.52. The zero-order valence-corrected chi connectivity index (χ0v) is 18.4. The summed E-state index contributed by atoms with van der Waals surface area (Å²) in [5.74, 6) is -0.844. The second-order valence-corrected chi connectivity index (χ2v) is 9.09. The van der Waals surface area contributed by atoms with Gasteiger partial charge in [0.15, 0.2) is 0 Å². The maximum Gasteiger partial charge on any atom is 0.344 e. The highest BCUT2D eigenvalue weighted by Crippen LogP contribution is 2.33. The van der Waals surface area contributed by atoms with E-state index in [9.17, 15) is 19.2 Å². The van der Waals surface area contributed by atoms with Crippen molar-refractivity contribution in [3.05, 3.63) is 36.0 Å². The number of rotatable bonds is 4. The number of carbonyl (C=O) groups excluding carboxylic acids is 4. The number of fused-ring (bicyclic) bond motifs is 1. The number of aromatic amines is 1. The van der Waals surface area contributed by atoms with Crippen LogP contribution in [0.5, 0.6) is 0 Å². The van der Waals surface area contributed by atoms with Gasteiger partial charge in [-0.2, -0.15) is 5.01 Å². The van der Waals surface area contributed by atoms with Crippen molar-refractivity contribution >= 4 is 34.7 Å². The van der Waals surface area contributed by atoms with Crippen molar-refractivity contribution in [3.8, 4) is 0 Å². The Kier molecular flexibility index (Phi) is 5.53. The highest BCUT2D eigenvalue weighted by molar-refractivity contribution is 6.08. The van der Waals surface area contributed by atoms with Crippen molar-refractivity contribution in [1.29, 1.82) is 0 Å². The van der Waals surface area contributed by atoms with E-state index in [0.29, 0.717) is 44.7 Å². The molecule has 1 aromatic carbocycles. The second kappa shape index (κ2) is 8.51. The van der Waals surface area contributed by atoms with Gasteiger partial charge in [-0.25, -0.2) is 4.79 Å². The van der Waals surface area contributed by atoms with Crippen LogP contribution >= 0.6 is 0 Å². The topological polar surface area (TPSA) is 118 Å². The predicted octanol–water partition coefficient (Wildman–Crippen LogP) is 1.21. The number of H-pyrrole nitrogens is 1. The fourth-order valence-corrected chi connectivity index (χ4v) is 5.05. The number of aromatic nitrogens is 1. The highest BCUT2D eigenvalue weighted by atomic mass is 16.2. The van der Waals surface area contributed by atoms with E-state index in [1.165, 1.54) is 0 Å². The smallest absolute Gasteiger partial charge is 0.344 e. The van der Waals surface area contributed by atoms with Crippen LogP contribution in [-0.4, -0.2) is 81.8 Å². The summed E-state index contributed by atoms with van der Waals surface area (Å²) in [6, 6.07) is 9.04. The molecule has 1 spiro atoms. The van der Waals surface area contributed by atoms with E-state index >= 15 is 0 Å². The van der Waals surface area contributed by atoms with Gasteiger partial charge in [-0.05, 0) is 25.0 Å². The lowest BCUT2D eigenvalue weighted by Gasteiger charge is -2.34. The van der Waals surface area contributed by atoms with Crippen LogP contribution in [0.4, 0.5) is 4.79 Å². The summed E-state index contributed by atoms with van der Waals surface area (Å²) >= 11 is 0. The van der Waals surface area contributed by atoms with Gasteiger partial charge in [0.2, 0.25) is 0 Å². The van der Waals surface area contributed by atoms with Crippen molar-refractivity contribution in [2.75, 3.05) is 32.7 Å². The molecule has 10 heteroatoms. The maximum absolute atomic E-state index is 12.9. The van der Waals surface area contributed by atoms with Crippen molar-refractivity contribution in [2.45, 2.75) is 37.6 Å². The number of para-hydroxylation sites is 1. The molecule has 5 amide bonds. The zero-order valence-electron chi connectivity index (χ0n) is 18.4. The van der Waals surface area contributed by atoms with Gasteiger partial charge in [0.05, 0.1) is 6.54 Å². The lowest BCUT2D eigenvalue weighted by molar-refractivity contribution is -0.140. The van der Waals surface area contributed by atoms with Crippen molar-refractivity contribution in [1.82, 2.24) is 30.5 Å². The molecule has 1 saturated carbocycles. The van der Waals surface area contributed by atoms with Crippen LogP contribution in [0.2, 0.25) is 0 Å². The van der Waals surface area contributed by atoms with E-state index in [2.05, 4.69) is 15.7 Å². The molecule has 3 aliphatic rings. The molecule has 0 bridgehead atoms. The summed E-state index contributed by atoms with van der Waals surface area (Å²) in [4.78, 5) is 57.4. The number of amides is 5. The third-order valence-corrected chi connectivity index (χ3v) is 6.89. The Labute approximate surface area is 191 Å². The van der Waals surface area contributed by atoms with Gasteiger partial charge in [-0.1, -0.05) is 37.5 Å². The molecule has 10 nitrogen and oxygen atoms in total. The summed E-state index contributed by atoms with van der Waals surface area (Å²) in [5, 5.41) is 4.61. The Balaban J connectivity index is 1.13. The van der Waals surface area contributed by atoms with Crippen molar-refractivity contribution in [2.24, 2.45) is 0 Å². The average molecular weight is 453 g/mol. The Morgan fingerprint density at radius 3 is 2.45 bits per heavy atom. The normalized spacial score (nSPS) is 21.0. The Hall–Kier alpha value is -3.40. The number of benzene rings is 1. The molecule has 3 heterocycles. The number of piperazine rings is 1. The Morgan fingerprint density at radius 2 is 1.73 bits per heavy atom. The minimum Gasteiger partial charge on any atom is -0.351 e. The number of imide groups is 1. The number of carbonyl (C=O) groups is 4. The lowest BCUT2D eigenvalue weighted by atomic mass is 9.82. The lowest BCUT2D eigenvalue weighted by Crippen LogP contribution is -2.55. The molecule has 33 heavy (non-hydrogen) atoms. The monoisotopic (exact) mass is 452 g/mol. The van der Waals surface area contributed by atoms with E-state index < -0.39 is 17.5 Å². The minimum absolute atomic E-state index is 0.0540. The van der Waals surface area contributed by atoms with Crippen molar-refractivity contribution < 1.29 is 19.2 Å². The zero-order chi connectivity index (χ0) is 23.0. The largest absolute Gasteiger partial charge is 0.351 e. The maximum atomic E-state index is 12.9. The van der Waals surface area contributed by atoms with Crippen LogP contribution in [0.3, 0.4) is 0 Å². The summed E-state index contributed by atoms with van der Waals surface area (Å²) in [6.45, 7) is 2.10. The van der Waals surface area contributed by atoms with E-state index in [0.717, 1.165) is 35.2 Å². The van der Waals surface area contributed by atoms with Gasteiger partial charge in [-0.15, -0.1) is 0 Å². The molecular weight excluding hydrogens is 424 g/mol. The van der Waals surface area contributed by atoms with Gasteiger partial charge in [0.1, 0.15) is 11.2 Å². The van der Waals surface area contributed by atoms with E-state index in [-0.39, 0.29) is 18.4 Å².